The maximum Gasteiger partial charge on any atom is 0.281 e. The summed E-state index contributed by atoms with van der Waals surface area (Å²) in [6, 6.07) is 17.0. The quantitative estimate of drug-likeness (QED) is 0.305. The number of ether oxygens (including phenoxy) is 2. The number of amides is 1. The Morgan fingerprint density at radius 2 is 1.77 bits per heavy atom. The molecule has 164 valence electrons. The van der Waals surface area contributed by atoms with Gasteiger partial charge in [0.15, 0.2) is 6.61 Å². The Labute approximate surface area is 178 Å². The fraction of sp³-hybridized carbons (Fsp3) is 0.435. The van der Waals surface area contributed by atoms with E-state index < -0.39 is 6.10 Å². The molecule has 1 amide bonds. The van der Waals surface area contributed by atoms with Crippen LogP contribution in [0.1, 0.15) is 25.3 Å². The summed E-state index contributed by atoms with van der Waals surface area (Å²) in [6.07, 6.45) is 2.16. The molecule has 7 heteroatoms. The van der Waals surface area contributed by atoms with Gasteiger partial charge in [0.05, 0.1) is 6.61 Å². The van der Waals surface area contributed by atoms with Gasteiger partial charge in [0, 0.05) is 6.54 Å². The van der Waals surface area contributed by atoms with Crippen LogP contribution in [-0.2, 0) is 16.1 Å². The summed E-state index contributed by atoms with van der Waals surface area (Å²) < 4.78 is 11.0. The molecule has 1 atom stereocenters. The largest absolute Gasteiger partial charge is 0.491 e. The number of hydroxylamine groups is 1. The lowest BCUT2D eigenvalue weighted by Gasteiger charge is -2.13. The highest BCUT2D eigenvalue weighted by molar-refractivity contribution is 5.76. The van der Waals surface area contributed by atoms with Gasteiger partial charge >= 0.3 is 0 Å². The van der Waals surface area contributed by atoms with Crippen molar-refractivity contribution in [3.8, 4) is 11.5 Å². The van der Waals surface area contributed by atoms with E-state index in [1.54, 1.807) is 0 Å². The van der Waals surface area contributed by atoms with E-state index in [1.807, 2.05) is 54.6 Å². The first-order valence-electron chi connectivity index (χ1n) is 10.4. The summed E-state index contributed by atoms with van der Waals surface area (Å²) in [6.45, 7) is 3.92. The zero-order valence-electron chi connectivity index (χ0n) is 17.5. The summed E-state index contributed by atoms with van der Waals surface area (Å²) in [7, 11) is 0. The maximum atomic E-state index is 11.6. The van der Waals surface area contributed by atoms with Crippen molar-refractivity contribution in [2.75, 3.05) is 32.9 Å². The van der Waals surface area contributed by atoms with Gasteiger partial charge in [-0.25, -0.2) is 5.48 Å². The van der Waals surface area contributed by atoms with Crippen molar-refractivity contribution in [3.05, 3.63) is 60.2 Å². The number of aliphatic hydroxyl groups is 1. The third-order valence-electron chi connectivity index (χ3n) is 4.24. The van der Waals surface area contributed by atoms with E-state index in [0.29, 0.717) is 18.9 Å². The second-order valence-electron chi connectivity index (χ2n) is 6.89. The summed E-state index contributed by atoms with van der Waals surface area (Å²) in [5, 5.41) is 13.2. The molecule has 30 heavy (non-hydrogen) atoms. The molecular formula is C23H32N2O5. The number of unbranched alkanes of at least 4 members (excludes halogenated alkanes) is 1. The zero-order valence-corrected chi connectivity index (χ0v) is 17.5. The Morgan fingerprint density at radius 3 is 2.50 bits per heavy atom. The van der Waals surface area contributed by atoms with Gasteiger partial charge in [-0.15, -0.1) is 0 Å². The predicted octanol–water partition coefficient (Wildman–Crippen LogP) is 2.49. The molecule has 0 bridgehead atoms. The van der Waals surface area contributed by atoms with Crippen LogP contribution in [0.3, 0.4) is 0 Å². The minimum Gasteiger partial charge on any atom is -0.491 e. The predicted molar refractivity (Wildman–Crippen MR) is 115 cm³/mol. The molecule has 0 spiro atoms. The number of hydrogen-bond donors (Lipinski definition) is 3. The molecule has 2 aromatic rings. The molecule has 7 nitrogen and oxygen atoms in total. The summed E-state index contributed by atoms with van der Waals surface area (Å²) in [4.78, 5) is 16.6. The van der Waals surface area contributed by atoms with Crippen molar-refractivity contribution in [3.63, 3.8) is 0 Å². The SMILES string of the molecule is CCCCONC(=O)COc1ccc(CCNCC(O)COc2ccccc2)cc1. The number of aliphatic hydroxyl groups excluding tert-OH is 1. The lowest BCUT2D eigenvalue weighted by Crippen LogP contribution is -2.32. The van der Waals surface area contributed by atoms with Crippen LogP contribution >= 0.6 is 0 Å². The monoisotopic (exact) mass is 416 g/mol. The van der Waals surface area contributed by atoms with Gasteiger partial charge in [-0.2, -0.15) is 0 Å². The van der Waals surface area contributed by atoms with E-state index >= 15 is 0 Å². The third kappa shape index (κ3) is 10.2. The second kappa shape index (κ2) is 14.4. The van der Waals surface area contributed by atoms with Crippen LogP contribution in [-0.4, -0.2) is 50.0 Å². The van der Waals surface area contributed by atoms with E-state index in [4.69, 9.17) is 14.3 Å². The minimum atomic E-state index is -0.571. The molecule has 3 N–H and O–H groups in total. The first-order valence-corrected chi connectivity index (χ1v) is 10.4. The number of hydrogen-bond acceptors (Lipinski definition) is 6. The molecular weight excluding hydrogens is 384 g/mol. The smallest absolute Gasteiger partial charge is 0.281 e. The Balaban J connectivity index is 1.55. The molecule has 1 unspecified atom stereocenters. The Hall–Kier alpha value is -2.61. The molecule has 0 radical (unpaired) electrons. The van der Waals surface area contributed by atoms with E-state index in [-0.39, 0.29) is 19.1 Å². The molecule has 0 saturated heterocycles. The van der Waals surface area contributed by atoms with Crippen LogP contribution < -0.4 is 20.3 Å². The molecule has 0 aliphatic heterocycles. The van der Waals surface area contributed by atoms with Gasteiger partial charge in [0.25, 0.3) is 5.91 Å². The van der Waals surface area contributed by atoms with Gasteiger partial charge in [-0.05, 0) is 49.2 Å². The van der Waals surface area contributed by atoms with E-state index in [2.05, 4.69) is 17.7 Å². The van der Waals surface area contributed by atoms with Crippen molar-refractivity contribution in [2.45, 2.75) is 32.3 Å². The van der Waals surface area contributed by atoms with Crippen LogP contribution in [0.15, 0.2) is 54.6 Å². The highest BCUT2D eigenvalue weighted by Crippen LogP contribution is 2.12. The second-order valence-corrected chi connectivity index (χ2v) is 6.89. The summed E-state index contributed by atoms with van der Waals surface area (Å²) in [5.41, 5.74) is 3.50. The van der Waals surface area contributed by atoms with Crippen molar-refractivity contribution in [1.82, 2.24) is 10.8 Å². The Morgan fingerprint density at radius 1 is 1.03 bits per heavy atom. The van der Waals surface area contributed by atoms with Gasteiger partial charge in [-0.3, -0.25) is 9.63 Å². The van der Waals surface area contributed by atoms with Gasteiger partial charge in [-0.1, -0.05) is 43.7 Å². The van der Waals surface area contributed by atoms with Gasteiger partial charge in [0.2, 0.25) is 0 Å². The number of benzene rings is 2. The van der Waals surface area contributed by atoms with Crippen molar-refractivity contribution in [1.29, 1.82) is 0 Å². The molecule has 0 aliphatic rings. The lowest BCUT2D eigenvalue weighted by atomic mass is 10.1. The van der Waals surface area contributed by atoms with Gasteiger partial charge in [0.1, 0.15) is 24.2 Å². The molecule has 0 saturated carbocycles. The fourth-order valence-corrected chi connectivity index (χ4v) is 2.55. The third-order valence-corrected chi connectivity index (χ3v) is 4.24. The van der Waals surface area contributed by atoms with Crippen LogP contribution in [0.25, 0.3) is 0 Å². The Kier molecular flexibility index (Phi) is 11.3. The molecule has 0 heterocycles. The fourth-order valence-electron chi connectivity index (χ4n) is 2.55. The van der Waals surface area contributed by atoms with Crippen LogP contribution in [0.5, 0.6) is 11.5 Å². The molecule has 0 aliphatic carbocycles. The number of rotatable bonds is 15. The highest BCUT2D eigenvalue weighted by atomic mass is 16.7. The molecule has 2 aromatic carbocycles. The Bertz CT molecular complexity index is 709. The van der Waals surface area contributed by atoms with Crippen LogP contribution in [0, 0.1) is 0 Å². The number of carbonyl (C=O) groups excluding carboxylic acids is 1. The maximum absolute atomic E-state index is 11.6. The highest BCUT2D eigenvalue weighted by Gasteiger charge is 2.05. The van der Waals surface area contributed by atoms with Gasteiger partial charge < -0.3 is 19.9 Å². The van der Waals surface area contributed by atoms with Crippen LogP contribution in [0.4, 0.5) is 0 Å². The van der Waals surface area contributed by atoms with E-state index in [9.17, 15) is 9.90 Å². The number of para-hydroxylation sites is 1. The zero-order chi connectivity index (χ0) is 21.4. The summed E-state index contributed by atoms with van der Waals surface area (Å²) in [5.74, 6) is 1.07. The summed E-state index contributed by atoms with van der Waals surface area (Å²) >= 11 is 0. The normalized spacial score (nSPS) is 11.7. The van der Waals surface area contributed by atoms with Crippen LogP contribution in [0.2, 0.25) is 0 Å². The van der Waals surface area contributed by atoms with Crippen molar-refractivity contribution in [2.24, 2.45) is 0 Å². The lowest BCUT2D eigenvalue weighted by molar-refractivity contribution is -0.135. The average Bonchev–Trinajstić information content (AvgIpc) is 2.78. The van der Waals surface area contributed by atoms with E-state index in [1.165, 1.54) is 0 Å². The first-order chi connectivity index (χ1) is 14.7. The topological polar surface area (TPSA) is 89.1 Å². The molecule has 0 fully saturated rings. The number of nitrogens with one attached hydrogen (secondary N) is 2. The molecule has 2 rings (SSSR count). The van der Waals surface area contributed by atoms with Crippen molar-refractivity contribution < 1.29 is 24.2 Å². The first kappa shape index (κ1) is 23.7. The standard InChI is InChI=1S/C23H32N2O5/c1-2-3-15-30-25-23(27)18-29-22-11-9-19(10-12-22)13-14-24-16-20(26)17-28-21-7-5-4-6-8-21/h4-12,20,24,26H,2-3,13-18H2,1H3,(H,25,27). The molecule has 0 aromatic heterocycles. The number of carbonyl (C=O) groups is 1. The average molecular weight is 417 g/mol. The van der Waals surface area contributed by atoms with Crippen molar-refractivity contribution >= 4 is 5.91 Å². The van der Waals surface area contributed by atoms with E-state index in [0.717, 1.165) is 37.1 Å². The minimum absolute atomic E-state index is 0.0873.